The van der Waals surface area contributed by atoms with Crippen LogP contribution < -0.4 is 5.73 Å². The van der Waals surface area contributed by atoms with Gasteiger partial charge in [0.15, 0.2) is 0 Å². The van der Waals surface area contributed by atoms with Crippen LogP contribution >= 0.6 is 0 Å². The van der Waals surface area contributed by atoms with Gasteiger partial charge in [0.25, 0.3) is 0 Å². The predicted molar refractivity (Wildman–Crippen MR) is 78.1 cm³/mol. The van der Waals surface area contributed by atoms with Gasteiger partial charge in [-0.3, -0.25) is 4.40 Å². The molecule has 0 amide bonds. The molecule has 2 heterocycles. The van der Waals surface area contributed by atoms with Crippen molar-refractivity contribution in [1.82, 2.24) is 9.38 Å². The third kappa shape index (κ3) is 2.13. The van der Waals surface area contributed by atoms with Gasteiger partial charge in [0.05, 0.1) is 11.2 Å². The highest BCUT2D eigenvalue weighted by molar-refractivity contribution is 5.65. The minimum atomic E-state index is 0.685. The summed E-state index contributed by atoms with van der Waals surface area (Å²) in [5.74, 6) is 0.993. The minimum Gasteiger partial charge on any atom is -0.330 e. The Labute approximate surface area is 112 Å². The van der Waals surface area contributed by atoms with Crippen LogP contribution in [0.1, 0.15) is 11.3 Å². The van der Waals surface area contributed by atoms with Crippen molar-refractivity contribution in [2.75, 3.05) is 6.54 Å². The van der Waals surface area contributed by atoms with E-state index in [1.807, 2.05) is 19.1 Å². The van der Waals surface area contributed by atoms with Gasteiger partial charge >= 0.3 is 0 Å². The fourth-order valence-corrected chi connectivity index (χ4v) is 2.38. The second-order valence-electron chi connectivity index (χ2n) is 4.71. The molecule has 0 bridgehead atoms. The van der Waals surface area contributed by atoms with E-state index >= 15 is 0 Å². The van der Waals surface area contributed by atoms with E-state index in [4.69, 9.17) is 5.73 Å². The van der Waals surface area contributed by atoms with Crippen LogP contribution in [0.15, 0.2) is 48.7 Å². The first-order chi connectivity index (χ1) is 9.29. The van der Waals surface area contributed by atoms with Gasteiger partial charge in [0.2, 0.25) is 0 Å². The number of pyridine rings is 1. The Hall–Kier alpha value is -2.13. The third-order valence-corrected chi connectivity index (χ3v) is 3.38. The van der Waals surface area contributed by atoms with E-state index in [0.717, 1.165) is 29.0 Å². The van der Waals surface area contributed by atoms with Crippen LogP contribution in [-0.2, 0) is 6.42 Å². The molecule has 0 radical (unpaired) electrons. The number of aromatic nitrogens is 2. The topological polar surface area (TPSA) is 43.3 Å². The summed E-state index contributed by atoms with van der Waals surface area (Å²) >= 11 is 0. The summed E-state index contributed by atoms with van der Waals surface area (Å²) in [6.45, 7) is 2.73. The zero-order chi connectivity index (χ0) is 13.2. The summed E-state index contributed by atoms with van der Waals surface area (Å²) in [6, 6.07) is 14.6. The molecule has 3 heteroatoms. The second-order valence-corrected chi connectivity index (χ2v) is 4.71. The first kappa shape index (κ1) is 11.9. The molecule has 19 heavy (non-hydrogen) atoms. The number of aryl methyl sites for hydroxylation is 1. The number of rotatable bonds is 3. The van der Waals surface area contributed by atoms with Crippen LogP contribution in [0, 0.1) is 6.92 Å². The van der Waals surface area contributed by atoms with Crippen molar-refractivity contribution in [3.05, 3.63) is 59.9 Å². The fraction of sp³-hybridized carbons (Fsp3) is 0.188. The molecule has 0 unspecified atom stereocenters. The molecule has 2 aromatic heterocycles. The van der Waals surface area contributed by atoms with Crippen LogP contribution in [0.4, 0.5) is 0 Å². The smallest absolute Gasteiger partial charge is 0.144 e. The van der Waals surface area contributed by atoms with Crippen molar-refractivity contribution in [2.45, 2.75) is 13.3 Å². The van der Waals surface area contributed by atoms with Crippen LogP contribution in [0.2, 0.25) is 0 Å². The van der Waals surface area contributed by atoms with E-state index in [9.17, 15) is 0 Å². The predicted octanol–water partition coefficient (Wildman–Crippen LogP) is 2.81. The molecule has 3 nitrogen and oxygen atoms in total. The van der Waals surface area contributed by atoms with E-state index in [-0.39, 0.29) is 0 Å². The maximum absolute atomic E-state index is 5.57. The lowest BCUT2D eigenvalue weighted by atomic mass is 10.1. The van der Waals surface area contributed by atoms with Crippen LogP contribution in [0.25, 0.3) is 16.9 Å². The normalized spacial score (nSPS) is 11.1. The Kier molecular flexibility index (Phi) is 3.05. The maximum Gasteiger partial charge on any atom is 0.144 e. The molecule has 0 aliphatic carbocycles. The van der Waals surface area contributed by atoms with Gasteiger partial charge < -0.3 is 5.73 Å². The van der Waals surface area contributed by atoms with E-state index in [0.29, 0.717) is 6.54 Å². The molecule has 3 aromatic rings. The molecular formula is C16H17N3. The minimum absolute atomic E-state index is 0.685. The van der Waals surface area contributed by atoms with Gasteiger partial charge in [-0.15, -0.1) is 0 Å². The maximum atomic E-state index is 5.57. The highest BCUT2D eigenvalue weighted by atomic mass is 15.0. The lowest BCUT2D eigenvalue weighted by Crippen LogP contribution is -2.02. The number of benzene rings is 1. The van der Waals surface area contributed by atoms with Gasteiger partial charge in [0.1, 0.15) is 5.82 Å². The highest BCUT2D eigenvalue weighted by Crippen LogP contribution is 2.22. The van der Waals surface area contributed by atoms with Crippen molar-refractivity contribution >= 4 is 5.52 Å². The Morgan fingerprint density at radius 2 is 1.89 bits per heavy atom. The standard InChI is InChI=1S/C16H17N3/c1-12-15-4-2-3-11-19(15)16(18-12)14-7-5-13(6-8-14)9-10-17/h2-8,11H,9-10,17H2,1H3. The molecule has 96 valence electrons. The van der Waals surface area contributed by atoms with Gasteiger partial charge in [0, 0.05) is 11.8 Å². The summed E-state index contributed by atoms with van der Waals surface area (Å²) in [6.07, 6.45) is 2.97. The van der Waals surface area contributed by atoms with Gasteiger partial charge in [-0.1, -0.05) is 30.3 Å². The van der Waals surface area contributed by atoms with Crippen molar-refractivity contribution in [2.24, 2.45) is 5.73 Å². The Morgan fingerprint density at radius 3 is 2.63 bits per heavy atom. The van der Waals surface area contributed by atoms with Crippen molar-refractivity contribution < 1.29 is 0 Å². The monoisotopic (exact) mass is 251 g/mol. The van der Waals surface area contributed by atoms with Gasteiger partial charge in [-0.2, -0.15) is 0 Å². The van der Waals surface area contributed by atoms with E-state index in [2.05, 4.69) is 45.9 Å². The lowest BCUT2D eigenvalue weighted by molar-refractivity contribution is 0.969. The Morgan fingerprint density at radius 1 is 1.11 bits per heavy atom. The Bertz CT molecular complexity index is 696. The molecule has 0 atom stereocenters. The van der Waals surface area contributed by atoms with E-state index in [1.54, 1.807) is 0 Å². The zero-order valence-corrected chi connectivity index (χ0v) is 11.0. The molecule has 0 fully saturated rings. The number of nitrogens with zero attached hydrogens (tertiary/aromatic N) is 2. The first-order valence-corrected chi connectivity index (χ1v) is 6.52. The number of fused-ring (bicyclic) bond motifs is 1. The fourth-order valence-electron chi connectivity index (χ4n) is 2.38. The van der Waals surface area contributed by atoms with Gasteiger partial charge in [-0.25, -0.2) is 4.98 Å². The first-order valence-electron chi connectivity index (χ1n) is 6.52. The lowest BCUT2D eigenvalue weighted by Gasteiger charge is -2.03. The van der Waals surface area contributed by atoms with Crippen molar-refractivity contribution in [3.8, 4) is 11.4 Å². The summed E-state index contributed by atoms with van der Waals surface area (Å²) in [7, 11) is 0. The molecule has 0 aliphatic rings. The average molecular weight is 251 g/mol. The molecule has 0 saturated heterocycles. The van der Waals surface area contributed by atoms with Crippen molar-refractivity contribution in [3.63, 3.8) is 0 Å². The van der Waals surface area contributed by atoms with E-state index in [1.165, 1.54) is 5.56 Å². The molecule has 0 saturated carbocycles. The van der Waals surface area contributed by atoms with Crippen molar-refractivity contribution in [1.29, 1.82) is 0 Å². The number of hydrogen-bond acceptors (Lipinski definition) is 2. The molecule has 1 aromatic carbocycles. The van der Waals surface area contributed by atoms with Gasteiger partial charge in [-0.05, 0) is 37.6 Å². The third-order valence-electron chi connectivity index (χ3n) is 3.38. The summed E-state index contributed by atoms with van der Waals surface area (Å²) in [5, 5.41) is 0. The van der Waals surface area contributed by atoms with E-state index < -0.39 is 0 Å². The molecule has 3 rings (SSSR count). The summed E-state index contributed by atoms with van der Waals surface area (Å²) < 4.78 is 2.13. The summed E-state index contributed by atoms with van der Waals surface area (Å²) in [5.41, 5.74) is 10.2. The SMILES string of the molecule is Cc1nc(-c2ccc(CCN)cc2)n2ccccc12. The van der Waals surface area contributed by atoms with Crippen LogP contribution in [0.3, 0.4) is 0 Å². The number of imidazole rings is 1. The number of nitrogens with two attached hydrogens (primary N) is 1. The second kappa shape index (κ2) is 4.86. The highest BCUT2D eigenvalue weighted by Gasteiger charge is 2.08. The zero-order valence-electron chi connectivity index (χ0n) is 11.0. The Balaban J connectivity index is 2.09. The largest absolute Gasteiger partial charge is 0.330 e. The van der Waals surface area contributed by atoms with Crippen LogP contribution in [-0.4, -0.2) is 15.9 Å². The molecule has 0 aliphatic heterocycles. The molecular weight excluding hydrogens is 234 g/mol. The molecule has 0 spiro atoms. The quantitative estimate of drug-likeness (QED) is 0.778. The summed E-state index contributed by atoms with van der Waals surface area (Å²) in [4.78, 5) is 4.67. The average Bonchev–Trinajstić information content (AvgIpc) is 2.78. The van der Waals surface area contributed by atoms with Crippen LogP contribution in [0.5, 0.6) is 0 Å². The number of hydrogen-bond donors (Lipinski definition) is 1. The molecule has 2 N–H and O–H groups in total.